The van der Waals surface area contributed by atoms with E-state index in [4.69, 9.17) is 9.72 Å². The average molecular weight is 545 g/mol. The minimum absolute atomic E-state index is 0.0197. The highest BCUT2D eigenvalue weighted by Gasteiger charge is 2.45. The number of nitrogens with one attached hydrogen (secondary N) is 2. The summed E-state index contributed by atoms with van der Waals surface area (Å²) in [5.41, 5.74) is 5.96. The van der Waals surface area contributed by atoms with E-state index in [-0.39, 0.29) is 23.1 Å². The molecule has 1 unspecified atom stereocenters. The van der Waals surface area contributed by atoms with Crippen molar-refractivity contribution in [2.75, 3.05) is 25.6 Å². The maximum Gasteiger partial charge on any atom is 0.387 e. The molecule has 1 aliphatic carbocycles. The van der Waals surface area contributed by atoms with Crippen LogP contribution in [0, 0.1) is 0 Å². The number of ether oxygens (including phenoxy) is 2. The van der Waals surface area contributed by atoms with Crippen LogP contribution in [0.4, 0.5) is 20.3 Å². The smallest absolute Gasteiger partial charge is 0.387 e. The van der Waals surface area contributed by atoms with E-state index in [0.717, 1.165) is 43.7 Å². The number of fused-ring (bicyclic) bond motifs is 4. The number of nitrogens with zero attached hydrogens (tertiary/aromatic N) is 4. The normalized spacial score (nSPS) is 19.0. The Labute approximate surface area is 228 Å². The van der Waals surface area contributed by atoms with E-state index in [1.165, 1.54) is 17.7 Å². The zero-order chi connectivity index (χ0) is 27.4. The Kier molecular flexibility index (Phi) is 5.86. The van der Waals surface area contributed by atoms with Gasteiger partial charge in [0.15, 0.2) is 0 Å². The number of alkyl halides is 2. The molecular weight excluding hydrogens is 518 g/mol. The van der Waals surface area contributed by atoms with Gasteiger partial charge in [-0.3, -0.25) is 9.20 Å². The molecule has 2 aliphatic heterocycles. The Morgan fingerprint density at radius 2 is 2.02 bits per heavy atom. The number of benzene rings is 1. The number of anilines is 2. The van der Waals surface area contributed by atoms with Crippen LogP contribution in [0.3, 0.4) is 0 Å². The minimum Gasteiger partial charge on any atom is -0.435 e. The zero-order valence-electron chi connectivity index (χ0n) is 21.7. The van der Waals surface area contributed by atoms with Gasteiger partial charge in [0, 0.05) is 48.2 Å². The third-order valence-electron chi connectivity index (χ3n) is 8.24. The van der Waals surface area contributed by atoms with E-state index in [1.807, 2.05) is 25.2 Å². The number of hydrogen-bond acceptors (Lipinski definition) is 7. The molecule has 5 heterocycles. The van der Waals surface area contributed by atoms with Crippen LogP contribution in [0.25, 0.3) is 16.9 Å². The van der Waals surface area contributed by atoms with Crippen molar-refractivity contribution in [1.29, 1.82) is 0 Å². The zero-order valence-corrected chi connectivity index (χ0v) is 21.7. The first-order valence-corrected chi connectivity index (χ1v) is 13.2. The van der Waals surface area contributed by atoms with Crippen LogP contribution >= 0.6 is 0 Å². The maximum atomic E-state index is 12.9. The lowest BCUT2D eigenvalue weighted by molar-refractivity contribution is -0.0498. The van der Waals surface area contributed by atoms with E-state index >= 15 is 0 Å². The molecule has 11 heteroatoms. The third kappa shape index (κ3) is 3.96. The van der Waals surface area contributed by atoms with Crippen molar-refractivity contribution in [2.45, 2.75) is 37.3 Å². The van der Waals surface area contributed by atoms with Crippen LogP contribution in [-0.2, 0) is 10.2 Å². The Morgan fingerprint density at radius 1 is 1.18 bits per heavy atom. The summed E-state index contributed by atoms with van der Waals surface area (Å²) in [5.74, 6) is 0.321. The summed E-state index contributed by atoms with van der Waals surface area (Å²) in [6, 6.07) is 10.9. The molecule has 2 N–H and O–H groups in total. The minimum atomic E-state index is -2.92. The molecule has 3 aliphatic rings. The molecule has 1 spiro atoms. The van der Waals surface area contributed by atoms with Gasteiger partial charge in [-0.15, -0.1) is 0 Å². The van der Waals surface area contributed by atoms with Crippen LogP contribution in [0.2, 0.25) is 0 Å². The summed E-state index contributed by atoms with van der Waals surface area (Å²) in [5, 5.41) is 6.78. The molecule has 1 aromatic carbocycles. The van der Waals surface area contributed by atoms with Crippen molar-refractivity contribution in [3.05, 3.63) is 71.2 Å². The number of hydrogen-bond donors (Lipinski definition) is 2. The van der Waals surface area contributed by atoms with Crippen molar-refractivity contribution < 1.29 is 23.0 Å². The van der Waals surface area contributed by atoms with Crippen LogP contribution in [0.1, 0.15) is 52.5 Å². The predicted molar refractivity (Wildman–Crippen MR) is 145 cm³/mol. The second-order valence-corrected chi connectivity index (χ2v) is 10.3. The SMILES string of the molecule is CNC1CC2(CCOCC2)c2ccc(Nc3ccc(-c4cnc5cc(OC(F)F)ccn45)c4c3C(=O)N=C4)nc21. The van der Waals surface area contributed by atoms with Crippen LogP contribution in [0.5, 0.6) is 5.75 Å². The van der Waals surface area contributed by atoms with Crippen LogP contribution in [-0.4, -0.2) is 53.4 Å². The van der Waals surface area contributed by atoms with Gasteiger partial charge in [0.05, 0.1) is 34.9 Å². The molecule has 40 heavy (non-hydrogen) atoms. The molecule has 1 amide bonds. The number of imidazole rings is 1. The fraction of sp³-hybridized carbons (Fsp3) is 0.310. The number of aromatic nitrogens is 3. The highest BCUT2D eigenvalue weighted by Crippen LogP contribution is 2.50. The van der Waals surface area contributed by atoms with Gasteiger partial charge in [-0.05, 0) is 50.1 Å². The lowest BCUT2D eigenvalue weighted by Gasteiger charge is -2.34. The Bertz CT molecular complexity index is 1680. The summed E-state index contributed by atoms with van der Waals surface area (Å²) in [4.78, 5) is 26.3. The molecule has 204 valence electrons. The third-order valence-corrected chi connectivity index (χ3v) is 8.24. The Hall–Kier alpha value is -4.22. The standard InChI is InChI=1S/C29H26F2N6O3/c1-32-21-13-29(7-10-39-11-8-29)19-3-5-23(36-26(19)21)35-20-4-2-17(18-14-34-27(38)25(18)20)22-15-33-24-12-16(40-28(30)31)6-9-37(22)24/h2-6,9,12,14-15,21,28,32H,7-8,10-11,13H2,1H3,(H,35,36). The molecule has 9 nitrogen and oxygen atoms in total. The molecule has 0 bridgehead atoms. The molecule has 3 aromatic heterocycles. The summed E-state index contributed by atoms with van der Waals surface area (Å²) in [6.07, 6.45) is 7.75. The maximum absolute atomic E-state index is 12.9. The lowest BCUT2D eigenvalue weighted by Crippen LogP contribution is -2.32. The number of pyridine rings is 2. The topological polar surface area (TPSA) is 102 Å². The highest BCUT2D eigenvalue weighted by molar-refractivity contribution is 6.19. The van der Waals surface area contributed by atoms with Crippen molar-refractivity contribution in [3.63, 3.8) is 0 Å². The first-order chi connectivity index (χ1) is 19.5. The molecule has 1 saturated heterocycles. The van der Waals surface area contributed by atoms with E-state index in [1.54, 1.807) is 23.0 Å². The second kappa shape index (κ2) is 9.46. The Balaban J connectivity index is 1.24. The fourth-order valence-electron chi connectivity index (χ4n) is 6.31. The van der Waals surface area contributed by atoms with Gasteiger partial charge in [0.2, 0.25) is 0 Å². The van der Waals surface area contributed by atoms with Gasteiger partial charge in [-0.2, -0.15) is 8.78 Å². The van der Waals surface area contributed by atoms with Crippen molar-refractivity contribution in [2.24, 2.45) is 4.99 Å². The summed E-state index contributed by atoms with van der Waals surface area (Å²) >= 11 is 0. The average Bonchev–Trinajstić information content (AvgIpc) is 3.63. The number of carbonyl (C=O) groups is 1. The van der Waals surface area contributed by atoms with Crippen molar-refractivity contribution in [1.82, 2.24) is 19.7 Å². The number of rotatable bonds is 6. The van der Waals surface area contributed by atoms with Crippen molar-refractivity contribution in [3.8, 4) is 17.0 Å². The quantitative estimate of drug-likeness (QED) is 0.351. The molecule has 0 saturated carbocycles. The van der Waals surface area contributed by atoms with E-state index in [0.29, 0.717) is 34.0 Å². The van der Waals surface area contributed by atoms with Gasteiger partial charge in [0.1, 0.15) is 17.2 Å². The largest absolute Gasteiger partial charge is 0.435 e. The number of carbonyl (C=O) groups excluding carboxylic acids is 1. The second-order valence-electron chi connectivity index (χ2n) is 10.3. The van der Waals surface area contributed by atoms with E-state index < -0.39 is 6.61 Å². The van der Waals surface area contributed by atoms with E-state index in [9.17, 15) is 13.6 Å². The lowest BCUT2D eigenvalue weighted by atomic mass is 9.75. The predicted octanol–water partition coefficient (Wildman–Crippen LogP) is 5.03. The fourth-order valence-corrected chi connectivity index (χ4v) is 6.31. The molecule has 1 atom stereocenters. The summed E-state index contributed by atoms with van der Waals surface area (Å²) < 4.78 is 37.2. The molecule has 7 rings (SSSR count). The number of aliphatic imine (C=N–C) groups is 1. The first kappa shape index (κ1) is 24.8. The first-order valence-electron chi connectivity index (χ1n) is 13.2. The number of halogens is 2. The van der Waals surface area contributed by atoms with Gasteiger partial charge >= 0.3 is 6.61 Å². The van der Waals surface area contributed by atoms with Crippen molar-refractivity contribution >= 4 is 29.3 Å². The molecular formula is C29H26F2N6O3. The Morgan fingerprint density at radius 3 is 2.83 bits per heavy atom. The number of amides is 1. The van der Waals surface area contributed by atoms with Gasteiger partial charge in [-0.1, -0.05) is 12.1 Å². The molecule has 0 radical (unpaired) electrons. The summed E-state index contributed by atoms with van der Waals surface area (Å²) in [7, 11) is 1.96. The molecule has 1 fully saturated rings. The van der Waals surface area contributed by atoms with Gasteiger partial charge in [0.25, 0.3) is 5.91 Å². The van der Waals surface area contributed by atoms with Crippen LogP contribution < -0.4 is 15.4 Å². The van der Waals surface area contributed by atoms with Crippen LogP contribution in [0.15, 0.2) is 53.8 Å². The van der Waals surface area contributed by atoms with Gasteiger partial charge < -0.3 is 20.1 Å². The monoisotopic (exact) mass is 544 g/mol. The summed E-state index contributed by atoms with van der Waals surface area (Å²) in [6.45, 7) is -1.41. The molecule has 4 aromatic rings. The van der Waals surface area contributed by atoms with E-state index in [2.05, 4.69) is 31.4 Å². The van der Waals surface area contributed by atoms with Gasteiger partial charge in [-0.25, -0.2) is 15.0 Å². The highest BCUT2D eigenvalue weighted by atomic mass is 19.3.